The molecule has 0 aliphatic carbocycles. The van der Waals surface area contributed by atoms with Crippen LogP contribution in [-0.2, 0) is 11.2 Å². The molecule has 0 aromatic heterocycles. The highest BCUT2D eigenvalue weighted by atomic mass is 32.2. The molecule has 1 N–H and O–H groups in total. The highest BCUT2D eigenvalue weighted by Gasteiger charge is 2.32. The first kappa shape index (κ1) is 13.0. The molecule has 0 bridgehead atoms. The lowest BCUT2D eigenvalue weighted by Gasteiger charge is -2.33. The maximum absolute atomic E-state index is 12.5. The van der Waals surface area contributed by atoms with Gasteiger partial charge in [0.15, 0.2) is 0 Å². The molecular weight excluding hydrogens is 256 g/mol. The van der Waals surface area contributed by atoms with Gasteiger partial charge in [-0.25, -0.2) is 0 Å². The standard InChI is InChI=1S/C15H20N2OS/c1-16-12-6-8-17(9-7-12)15(18)14-10-11-4-2-3-5-13(11)19-14/h2-5,12,14,16H,6-10H2,1H3. The molecule has 2 heterocycles. The quantitative estimate of drug-likeness (QED) is 0.895. The maximum Gasteiger partial charge on any atom is 0.236 e. The summed E-state index contributed by atoms with van der Waals surface area (Å²) in [6.07, 6.45) is 3.05. The lowest BCUT2D eigenvalue weighted by Crippen LogP contribution is -2.46. The molecule has 2 aliphatic rings. The van der Waals surface area contributed by atoms with E-state index in [0.29, 0.717) is 11.9 Å². The van der Waals surface area contributed by atoms with Crippen molar-refractivity contribution < 1.29 is 4.79 Å². The second-order valence-electron chi connectivity index (χ2n) is 5.31. The Kier molecular flexibility index (Phi) is 3.80. The average Bonchev–Trinajstić information content (AvgIpc) is 2.90. The highest BCUT2D eigenvalue weighted by molar-refractivity contribution is 8.01. The number of rotatable bonds is 2. The predicted molar refractivity (Wildman–Crippen MR) is 78.5 cm³/mol. The van der Waals surface area contributed by atoms with E-state index in [1.165, 1.54) is 10.5 Å². The summed E-state index contributed by atoms with van der Waals surface area (Å²) in [5.41, 5.74) is 1.33. The number of hydrogen-bond donors (Lipinski definition) is 1. The number of amides is 1. The van der Waals surface area contributed by atoms with Crippen molar-refractivity contribution in [2.24, 2.45) is 0 Å². The van der Waals surface area contributed by atoms with Crippen molar-refractivity contribution in [3.8, 4) is 0 Å². The van der Waals surface area contributed by atoms with Crippen LogP contribution in [-0.4, -0.2) is 42.2 Å². The monoisotopic (exact) mass is 276 g/mol. The number of hydrogen-bond acceptors (Lipinski definition) is 3. The van der Waals surface area contributed by atoms with Gasteiger partial charge in [-0.15, -0.1) is 11.8 Å². The zero-order chi connectivity index (χ0) is 13.2. The predicted octanol–water partition coefficient (Wildman–Crippen LogP) is 1.91. The molecule has 102 valence electrons. The number of likely N-dealkylation sites (tertiary alicyclic amines) is 1. The average molecular weight is 276 g/mol. The molecule has 3 nitrogen and oxygen atoms in total. The zero-order valence-electron chi connectivity index (χ0n) is 11.3. The molecule has 1 aromatic rings. The van der Waals surface area contributed by atoms with E-state index in [4.69, 9.17) is 0 Å². The minimum atomic E-state index is 0.100. The summed E-state index contributed by atoms with van der Waals surface area (Å²) in [5, 5.41) is 3.40. The van der Waals surface area contributed by atoms with Gasteiger partial charge in [0.1, 0.15) is 0 Å². The van der Waals surface area contributed by atoms with Gasteiger partial charge in [0, 0.05) is 24.0 Å². The van der Waals surface area contributed by atoms with Crippen LogP contribution in [0.3, 0.4) is 0 Å². The molecule has 19 heavy (non-hydrogen) atoms. The summed E-state index contributed by atoms with van der Waals surface area (Å²) in [6.45, 7) is 1.80. The first-order chi connectivity index (χ1) is 9.28. The third kappa shape index (κ3) is 2.65. The lowest BCUT2D eigenvalue weighted by molar-refractivity contribution is -0.131. The summed E-state index contributed by atoms with van der Waals surface area (Å²) in [6, 6.07) is 8.96. The van der Waals surface area contributed by atoms with Crippen molar-refractivity contribution in [1.29, 1.82) is 0 Å². The molecule has 0 spiro atoms. The largest absolute Gasteiger partial charge is 0.342 e. The van der Waals surface area contributed by atoms with E-state index in [1.54, 1.807) is 11.8 Å². The van der Waals surface area contributed by atoms with Crippen molar-refractivity contribution in [2.75, 3.05) is 20.1 Å². The van der Waals surface area contributed by atoms with Crippen LogP contribution in [0.15, 0.2) is 29.2 Å². The Bertz CT molecular complexity index is 444. The minimum absolute atomic E-state index is 0.100. The van der Waals surface area contributed by atoms with Gasteiger partial charge in [0.25, 0.3) is 0 Å². The zero-order valence-corrected chi connectivity index (χ0v) is 12.1. The van der Waals surface area contributed by atoms with Gasteiger partial charge in [-0.05, 0) is 37.9 Å². The fourth-order valence-electron chi connectivity index (χ4n) is 2.91. The molecule has 0 saturated carbocycles. The normalized spacial score (nSPS) is 23.4. The second kappa shape index (κ2) is 5.55. The van der Waals surface area contributed by atoms with Crippen LogP contribution < -0.4 is 5.32 Å². The third-order valence-corrected chi connectivity index (χ3v) is 5.44. The summed E-state index contributed by atoms with van der Waals surface area (Å²) >= 11 is 1.74. The molecule has 1 fully saturated rings. The molecule has 1 atom stereocenters. The van der Waals surface area contributed by atoms with Crippen LogP contribution in [0.25, 0.3) is 0 Å². The molecule has 1 saturated heterocycles. The van der Waals surface area contributed by atoms with Gasteiger partial charge in [0.05, 0.1) is 5.25 Å². The van der Waals surface area contributed by atoms with Crippen molar-refractivity contribution in [1.82, 2.24) is 10.2 Å². The van der Waals surface area contributed by atoms with Crippen molar-refractivity contribution in [3.05, 3.63) is 29.8 Å². The van der Waals surface area contributed by atoms with Crippen molar-refractivity contribution in [3.63, 3.8) is 0 Å². The van der Waals surface area contributed by atoms with Crippen LogP contribution in [0.1, 0.15) is 18.4 Å². The Balaban J connectivity index is 1.61. The van der Waals surface area contributed by atoms with Gasteiger partial charge >= 0.3 is 0 Å². The number of piperidine rings is 1. The molecule has 0 radical (unpaired) electrons. The number of carbonyl (C=O) groups is 1. The van der Waals surface area contributed by atoms with Crippen LogP contribution >= 0.6 is 11.8 Å². The van der Waals surface area contributed by atoms with E-state index in [0.717, 1.165) is 32.4 Å². The smallest absolute Gasteiger partial charge is 0.236 e. The Morgan fingerprint density at radius 1 is 1.32 bits per heavy atom. The van der Waals surface area contributed by atoms with E-state index in [2.05, 4.69) is 34.5 Å². The van der Waals surface area contributed by atoms with E-state index < -0.39 is 0 Å². The highest BCUT2D eigenvalue weighted by Crippen LogP contribution is 2.37. The third-order valence-electron chi connectivity index (χ3n) is 4.14. The summed E-state index contributed by atoms with van der Waals surface area (Å²) in [5.74, 6) is 0.329. The molecule has 1 unspecified atom stereocenters. The van der Waals surface area contributed by atoms with E-state index in [-0.39, 0.29) is 5.25 Å². The van der Waals surface area contributed by atoms with Gasteiger partial charge in [0.2, 0.25) is 5.91 Å². The van der Waals surface area contributed by atoms with Gasteiger partial charge < -0.3 is 10.2 Å². The molecule has 1 amide bonds. The van der Waals surface area contributed by atoms with Crippen molar-refractivity contribution >= 4 is 17.7 Å². The van der Waals surface area contributed by atoms with Gasteiger partial charge in [-0.1, -0.05) is 18.2 Å². The Morgan fingerprint density at radius 3 is 2.74 bits per heavy atom. The minimum Gasteiger partial charge on any atom is -0.342 e. The van der Waals surface area contributed by atoms with Crippen LogP contribution in [0, 0.1) is 0 Å². The van der Waals surface area contributed by atoms with E-state index >= 15 is 0 Å². The van der Waals surface area contributed by atoms with Crippen LogP contribution in [0.5, 0.6) is 0 Å². The lowest BCUT2D eigenvalue weighted by atomic mass is 10.0. The topological polar surface area (TPSA) is 32.3 Å². The van der Waals surface area contributed by atoms with Crippen LogP contribution in [0.2, 0.25) is 0 Å². The van der Waals surface area contributed by atoms with E-state index in [1.807, 2.05) is 7.05 Å². The Morgan fingerprint density at radius 2 is 2.05 bits per heavy atom. The number of fused-ring (bicyclic) bond motifs is 1. The first-order valence-corrected chi connectivity index (χ1v) is 7.86. The second-order valence-corrected chi connectivity index (χ2v) is 6.55. The molecular formula is C15H20N2OS. The molecule has 2 aliphatic heterocycles. The summed E-state index contributed by atoms with van der Waals surface area (Å²) in [4.78, 5) is 15.9. The first-order valence-electron chi connectivity index (χ1n) is 6.98. The number of carbonyl (C=O) groups excluding carboxylic acids is 1. The number of nitrogens with zero attached hydrogens (tertiary/aromatic N) is 1. The molecule has 3 rings (SSSR count). The SMILES string of the molecule is CNC1CCN(C(=O)C2Cc3ccccc3S2)CC1. The Hall–Kier alpha value is -1.00. The molecule has 4 heteroatoms. The van der Waals surface area contributed by atoms with Crippen molar-refractivity contribution in [2.45, 2.75) is 35.4 Å². The fraction of sp³-hybridized carbons (Fsp3) is 0.533. The summed E-state index contributed by atoms with van der Waals surface area (Å²) < 4.78 is 0. The Labute approximate surface area is 118 Å². The fourth-order valence-corrected chi connectivity index (χ4v) is 4.19. The van der Waals surface area contributed by atoms with E-state index in [9.17, 15) is 4.79 Å². The number of thioether (sulfide) groups is 1. The maximum atomic E-state index is 12.5. The summed E-state index contributed by atoms with van der Waals surface area (Å²) in [7, 11) is 2.01. The van der Waals surface area contributed by atoms with Gasteiger partial charge in [-0.2, -0.15) is 0 Å². The molecule has 1 aromatic carbocycles. The number of benzene rings is 1. The van der Waals surface area contributed by atoms with Crippen LogP contribution in [0.4, 0.5) is 0 Å². The van der Waals surface area contributed by atoms with Gasteiger partial charge in [-0.3, -0.25) is 4.79 Å². The number of nitrogens with one attached hydrogen (secondary N) is 1.